The highest BCUT2D eigenvalue weighted by Crippen LogP contribution is 2.29. The van der Waals surface area contributed by atoms with Crippen molar-refractivity contribution < 1.29 is 9.53 Å². The van der Waals surface area contributed by atoms with E-state index in [2.05, 4.69) is 47.8 Å². The van der Waals surface area contributed by atoms with Crippen LogP contribution in [0.4, 0.5) is 4.79 Å². The van der Waals surface area contributed by atoms with Gasteiger partial charge in [-0.05, 0) is 59.2 Å². The van der Waals surface area contributed by atoms with Gasteiger partial charge in [-0.1, -0.05) is 6.07 Å². The van der Waals surface area contributed by atoms with Crippen molar-refractivity contribution in [3.05, 3.63) is 36.2 Å². The molecule has 1 aromatic carbocycles. The number of fused-ring (bicyclic) bond motifs is 1. The third-order valence-corrected chi connectivity index (χ3v) is 5.14. The second-order valence-corrected chi connectivity index (χ2v) is 8.51. The molecule has 0 saturated carbocycles. The van der Waals surface area contributed by atoms with Gasteiger partial charge in [0.1, 0.15) is 5.60 Å². The molecule has 1 aromatic heterocycles. The SMILES string of the molecule is CC(c1ccc2nccnc2c1)N1C[C@H](C)N(C(=O)OC(C)(C)C)C[C@H]1C. The van der Waals surface area contributed by atoms with Gasteiger partial charge in [0.05, 0.1) is 11.0 Å². The fourth-order valence-electron chi connectivity index (χ4n) is 3.70. The summed E-state index contributed by atoms with van der Waals surface area (Å²) in [7, 11) is 0. The summed E-state index contributed by atoms with van der Waals surface area (Å²) in [6.45, 7) is 13.6. The molecule has 3 rings (SSSR count). The number of carbonyl (C=O) groups is 1. The Balaban J connectivity index is 1.74. The number of ether oxygens (including phenoxy) is 1. The number of amides is 1. The average Bonchev–Trinajstić information content (AvgIpc) is 2.60. The van der Waals surface area contributed by atoms with Crippen LogP contribution in [0.1, 0.15) is 53.1 Å². The van der Waals surface area contributed by atoms with Gasteiger partial charge in [0.25, 0.3) is 0 Å². The van der Waals surface area contributed by atoms with Crippen LogP contribution in [-0.4, -0.2) is 56.6 Å². The van der Waals surface area contributed by atoms with Crippen molar-refractivity contribution >= 4 is 17.1 Å². The monoisotopic (exact) mass is 370 g/mol. The summed E-state index contributed by atoms with van der Waals surface area (Å²) in [5, 5.41) is 0. The number of carbonyl (C=O) groups excluding carboxylic acids is 1. The summed E-state index contributed by atoms with van der Waals surface area (Å²) >= 11 is 0. The molecule has 1 aliphatic rings. The zero-order valence-electron chi connectivity index (χ0n) is 17.1. The lowest BCUT2D eigenvalue weighted by atomic mass is 10.0. The normalized spacial score (nSPS) is 22.7. The molecule has 2 heterocycles. The summed E-state index contributed by atoms with van der Waals surface area (Å²) < 4.78 is 5.58. The molecule has 0 bridgehead atoms. The van der Waals surface area contributed by atoms with E-state index in [0.717, 1.165) is 17.6 Å². The molecule has 2 aromatic rings. The standard InChI is InChI=1S/C21H30N4O2/c1-14-13-25(20(26)27-21(4,5)6)15(2)12-24(14)16(3)17-7-8-18-19(11-17)23-10-9-22-18/h7-11,14-16H,12-13H2,1-6H3/t14-,15+,16?/m1/s1. The van der Waals surface area contributed by atoms with Crippen LogP contribution in [-0.2, 0) is 4.74 Å². The van der Waals surface area contributed by atoms with Crippen LogP contribution in [0.25, 0.3) is 11.0 Å². The van der Waals surface area contributed by atoms with Gasteiger partial charge in [-0.15, -0.1) is 0 Å². The van der Waals surface area contributed by atoms with E-state index < -0.39 is 5.60 Å². The smallest absolute Gasteiger partial charge is 0.410 e. The minimum Gasteiger partial charge on any atom is -0.444 e. The van der Waals surface area contributed by atoms with Crippen LogP contribution in [0, 0.1) is 0 Å². The Morgan fingerprint density at radius 1 is 1.11 bits per heavy atom. The van der Waals surface area contributed by atoms with Crippen molar-refractivity contribution in [2.24, 2.45) is 0 Å². The van der Waals surface area contributed by atoms with Crippen LogP contribution < -0.4 is 0 Å². The molecule has 1 unspecified atom stereocenters. The van der Waals surface area contributed by atoms with Crippen LogP contribution in [0.15, 0.2) is 30.6 Å². The number of benzene rings is 1. The van der Waals surface area contributed by atoms with Gasteiger partial charge in [0, 0.05) is 43.6 Å². The first-order valence-electron chi connectivity index (χ1n) is 9.62. The zero-order chi connectivity index (χ0) is 19.8. The van der Waals surface area contributed by atoms with Crippen LogP contribution >= 0.6 is 0 Å². The maximum atomic E-state index is 12.5. The van der Waals surface area contributed by atoms with Gasteiger partial charge >= 0.3 is 6.09 Å². The molecule has 1 saturated heterocycles. The zero-order valence-corrected chi connectivity index (χ0v) is 17.1. The molecular weight excluding hydrogens is 340 g/mol. The predicted molar refractivity (Wildman–Crippen MR) is 107 cm³/mol. The van der Waals surface area contributed by atoms with Gasteiger partial charge < -0.3 is 9.64 Å². The number of hydrogen-bond acceptors (Lipinski definition) is 5. The van der Waals surface area contributed by atoms with E-state index in [1.807, 2.05) is 31.7 Å². The van der Waals surface area contributed by atoms with E-state index >= 15 is 0 Å². The van der Waals surface area contributed by atoms with Gasteiger partial charge in [-0.2, -0.15) is 0 Å². The van der Waals surface area contributed by atoms with E-state index in [1.54, 1.807) is 12.4 Å². The van der Waals surface area contributed by atoms with Crippen molar-refractivity contribution in [3.63, 3.8) is 0 Å². The Morgan fingerprint density at radius 2 is 1.78 bits per heavy atom. The number of piperazine rings is 1. The third-order valence-electron chi connectivity index (χ3n) is 5.14. The van der Waals surface area contributed by atoms with E-state index in [4.69, 9.17) is 4.74 Å². The first kappa shape index (κ1) is 19.5. The van der Waals surface area contributed by atoms with Gasteiger partial charge in [-0.25, -0.2) is 4.79 Å². The number of nitrogens with zero attached hydrogens (tertiary/aromatic N) is 4. The lowest BCUT2D eigenvalue weighted by Gasteiger charge is -2.46. The molecule has 0 spiro atoms. The van der Waals surface area contributed by atoms with Crippen molar-refractivity contribution in [2.45, 2.75) is 65.3 Å². The van der Waals surface area contributed by atoms with Crippen molar-refractivity contribution in [1.82, 2.24) is 19.8 Å². The Kier molecular flexibility index (Phi) is 5.38. The Bertz CT molecular complexity index is 817. The Morgan fingerprint density at radius 3 is 2.44 bits per heavy atom. The average molecular weight is 370 g/mol. The lowest BCUT2D eigenvalue weighted by molar-refractivity contribution is -0.0184. The van der Waals surface area contributed by atoms with Gasteiger partial charge in [0.15, 0.2) is 0 Å². The molecule has 0 radical (unpaired) electrons. The molecule has 27 heavy (non-hydrogen) atoms. The fraction of sp³-hybridized carbons (Fsp3) is 0.571. The van der Waals surface area contributed by atoms with Gasteiger partial charge in [0.2, 0.25) is 0 Å². The molecule has 6 heteroatoms. The maximum absolute atomic E-state index is 12.5. The van der Waals surface area contributed by atoms with E-state index in [-0.39, 0.29) is 24.2 Å². The quantitative estimate of drug-likeness (QED) is 0.799. The van der Waals surface area contributed by atoms with Crippen molar-refractivity contribution in [2.75, 3.05) is 13.1 Å². The van der Waals surface area contributed by atoms with E-state index in [0.29, 0.717) is 6.54 Å². The molecule has 6 nitrogen and oxygen atoms in total. The van der Waals surface area contributed by atoms with Crippen LogP contribution in [0.3, 0.4) is 0 Å². The van der Waals surface area contributed by atoms with Crippen LogP contribution in [0.5, 0.6) is 0 Å². The topological polar surface area (TPSA) is 58.6 Å². The summed E-state index contributed by atoms with van der Waals surface area (Å²) in [4.78, 5) is 25.6. The molecule has 1 amide bonds. The minimum absolute atomic E-state index is 0.0961. The van der Waals surface area contributed by atoms with E-state index in [1.165, 1.54) is 5.56 Å². The molecule has 1 fully saturated rings. The molecule has 0 aliphatic carbocycles. The summed E-state index contributed by atoms with van der Waals surface area (Å²) in [5.41, 5.74) is 2.56. The Hall–Kier alpha value is -2.21. The maximum Gasteiger partial charge on any atom is 0.410 e. The minimum atomic E-state index is -0.476. The summed E-state index contributed by atoms with van der Waals surface area (Å²) in [6, 6.07) is 6.83. The first-order chi connectivity index (χ1) is 12.7. The third kappa shape index (κ3) is 4.38. The predicted octanol–water partition coefficient (Wildman–Crippen LogP) is 4.02. The fourth-order valence-corrected chi connectivity index (χ4v) is 3.70. The van der Waals surface area contributed by atoms with Gasteiger partial charge in [-0.3, -0.25) is 14.9 Å². The Labute approximate surface area is 161 Å². The van der Waals surface area contributed by atoms with E-state index in [9.17, 15) is 4.79 Å². The summed E-state index contributed by atoms with van der Waals surface area (Å²) in [5.74, 6) is 0. The number of rotatable bonds is 2. The van der Waals surface area contributed by atoms with Crippen molar-refractivity contribution in [3.8, 4) is 0 Å². The highest BCUT2D eigenvalue weighted by atomic mass is 16.6. The van der Waals surface area contributed by atoms with Crippen LogP contribution in [0.2, 0.25) is 0 Å². The molecule has 1 aliphatic heterocycles. The molecule has 0 N–H and O–H groups in total. The largest absolute Gasteiger partial charge is 0.444 e. The molecule has 146 valence electrons. The summed E-state index contributed by atoms with van der Waals surface area (Å²) in [6.07, 6.45) is 3.21. The highest BCUT2D eigenvalue weighted by molar-refractivity contribution is 5.74. The molecular formula is C21H30N4O2. The number of aromatic nitrogens is 2. The first-order valence-corrected chi connectivity index (χ1v) is 9.62. The van der Waals surface area contributed by atoms with Crippen molar-refractivity contribution in [1.29, 1.82) is 0 Å². The second-order valence-electron chi connectivity index (χ2n) is 8.51. The number of hydrogen-bond donors (Lipinski definition) is 0. The second kappa shape index (κ2) is 7.43. The highest BCUT2D eigenvalue weighted by Gasteiger charge is 2.36. The lowest BCUT2D eigenvalue weighted by Crippen LogP contribution is -2.59. The molecule has 3 atom stereocenters.